The molecule has 1 amide bonds. The maximum atomic E-state index is 12.8. The zero-order valence-corrected chi connectivity index (χ0v) is 14.5. The van der Waals surface area contributed by atoms with Crippen LogP contribution in [-0.2, 0) is 0 Å². The number of rotatable bonds is 5. The van der Waals surface area contributed by atoms with Gasteiger partial charge in [0.1, 0.15) is 4.88 Å². The standard InChI is InChI=1S/C19H19N3O2S/c23-18(21-12-14-8-4-10-20-14)17-16(13-6-2-1-3-7-13)22-19(25-17)15-9-5-11-24-15/h1-3,5-7,9,11,14,20H,4,8,10,12H2,(H,21,23). The number of benzene rings is 1. The number of nitrogens with one attached hydrogen (secondary N) is 2. The van der Waals surface area contributed by atoms with E-state index in [4.69, 9.17) is 4.42 Å². The normalized spacial score (nSPS) is 16.9. The van der Waals surface area contributed by atoms with Crippen molar-refractivity contribution in [3.63, 3.8) is 0 Å². The van der Waals surface area contributed by atoms with Crippen LogP contribution in [0.4, 0.5) is 0 Å². The predicted molar refractivity (Wildman–Crippen MR) is 98.6 cm³/mol. The van der Waals surface area contributed by atoms with Gasteiger partial charge >= 0.3 is 0 Å². The molecule has 3 aromatic rings. The molecule has 1 fully saturated rings. The highest BCUT2D eigenvalue weighted by molar-refractivity contribution is 7.17. The van der Waals surface area contributed by atoms with Gasteiger partial charge in [-0.05, 0) is 31.5 Å². The van der Waals surface area contributed by atoms with Gasteiger partial charge in [-0.15, -0.1) is 11.3 Å². The summed E-state index contributed by atoms with van der Waals surface area (Å²) in [5.74, 6) is 0.599. The molecule has 1 unspecified atom stereocenters. The number of hydrogen-bond donors (Lipinski definition) is 2. The maximum Gasteiger partial charge on any atom is 0.263 e. The SMILES string of the molecule is O=C(NCC1CCCN1)c1sc(-c2ccco2)nc1-c1ccccc1. The molecular formula is C19H19N3O2S. The molecule has 1 saturated heterocycles. The average molecular weight is 353 g/mol. The number of nitrogens with zero attached hydrogens (tertiary/aromatic N) is 1. The monoisotopic (exact) mass is 353 g/mol. The fourth-order valence-electron chi connectivity index (χ4n) is 3.00. The third kappa shape index (κ3) is 3.50. The van der Waals surface area contributed by atoms with E-state index in [2.05, 4.69) is 15.6 Å². The molecule has 0 aliphatic carbocycles. The Hall–Kier alpha value is -2.44. The summed E-state index contributed by atoms with van der Waals surface area (Å²) in [4.78, 5) is 18.1. The molecule has 2 aromatic heterocycles. The third-order valence-corrected chi connectivity index (χ3v) is 5.35. The Balaban J connectivity index is 1.63. The lowest BCUT2D eigenvalue weighted by atomic mass is 10.1. The number of furan rings is 1. The fraction of sp³-hybridized carbons (Fsp3) is 0.263. The summed E-state index contributed by atoms with van der Waals surface area (Å²) in [7, 11) is 0. The van der Waals surface area contributed by atoms with E-state index < -0.39 is 0 Å². The number of carbonyl (C=O) groups is 1. The molecule has 128 valence electrons. The van der Waals surface area contributed by atoms with E-state index in [1.807, 2.05) is 42.5 Å². The summed E-state index contributed by atoms with van der Waals surface area (Å²) >= 11 is 1.37. The summed E-state index contributed by atoms with van der Waals surface area (Å²) in [5, 5.41) is 7.16. The molecule has 1 aromatic carbocycles. The van der Waals surface area contributed by atoms with Gasteiger partial charge in [-0.2, -0.15) is 0 Å². The molecule has 25 heavy (non-hydrogen) atoms. The number of thiazole rings is 1. The minimum absolute atomic E-state index is 0.0807. The van der Waals surface area contributed by atoms with E-state index in [-0.39, 0.29) is 5.91 Å². The van der Waals surface area contributed by atoms with Crippen molar-refractivity contribution in [2.75, 3.05) is 13.1 Å². The summed E-state index contributed by atoms with van der Waals surface area (Å²) in [6.07, 6.45) is 3.88. The lowest BCUT2D eigenvalue weighted by Crippen LogP contribution is -2.37. The van der Waals surface area contributed by atoms with E-state index in [0.717, 1.165) is 18.5 Å². The van der Waals surface area contributed by atoms with Crippen LogP contribution in [0.25, 0.3) is 22.0 Å². The Morgan fingerprint density at radius 2 is 2.16 bits per heavy atom. The van der Waals surface area contributed by atoms with Crippen LogP contribution in [0.5, 0.6) is 0 Å². The number of hydrogen-bond acceptors (Lipinski definition) is 5. The highest BCUT2D eigenvalue weighted by Gasteiger charge is 2.22. The first kappa shape index (κ1) is 16.1. The molecule has 1 aliphatic heterocycles. The zero-order valence-electron chi connectivity index (χ0n) is 13.7. The lowest BCUT2D eigenvalue weighted by molar-refractivity contribution is 0.0955. The van der Waals surface area contributed by atoms with E-state index >= 15 is 0 Å². The molecule has 5 nitrogen and oxygen atoms in total. The molecule has 4 rings (SSSR count). The Labute approximate surface area is 150 Å². The summed E-state index contributed by atoms with van der Waals surface area (Å²) in [6, 6.07) is 13.8. The van der Waals surface area contributed by atoms with Crippen LogP contribution in [0.2, 0.25) is 0 Å². The maximum absolute atomic E-state index is 12.8. The lowest BCUT2D eigenvalue weighted by Gasteiger charge is -2.11. The van der Waals surface area contributed by atoms with Crippen LogP contribution >= 0.6 is 11.3 Å². The molecule has 6 heteroatoms. The van der Waals surface area contributed by atoms with Crippen molar-refractivity contribution in [1.82, 2.24) is 15.6 Å². The van der Waals surface area contributed by atoms with E-state index in [1.54, 1.807) is 6.26 Å². The van der Waals surface area contributed by atoms with Gasteiger partial charge in [0.2, 0.25) is 0 Å². The molecule has 1 atom stereocenters. The molecule has 0 radical (unpaired) electrons. The van der Waals surface area contributed by atoms with Crippen molar-refractivity contribution >= 4 is 17.2 Å². The van der Waals surface area contributed by atoms with Gasteiger partial charge in [-0.1, -0.05) is 30.3 Å². The van der Waals surface area contributed by atoms with Crippen molar-refractivity contribution in [2.24, 2.45) is 0 Å². The molecule has 0 spiro atoms. The largest absolute Gasteiger partial charge is 0.462 e. The molecule has 2 N–H and O–H groups in total. The molecular weight excluding hydrogens is 334 g/mol. The second-order valence-corrected chi connectivity index (χ2v) is 7.04. The first-order valence-electron chi connectivity index (χ1n) is 8.43. The van der Waals surface area contributed by atoms with Crippen LogP contribution in [0, 0.1) is 0 Å². The van der Waals surface area contributed by atoms with Gasteiger partial charge in [0.25, 0.3) is 5.91 Å². The van der Waals surface area contributed by atoms with Crippen molar-refractivity contribution < 1.29 is 9.21 Å². The minimum Gasteiger partial charge on any atom is -0.462 e. The Kier molecular flexibility index (Phi) is 4.63. The molecule has 1 aliphatic rings. The summed E-state index contributed by atoms with van der Waals surface area (Å²) in [6.45, 7) is 1.67. The molecule has 0 saturated carbocycles. The molecule has 0 bridgehead atoms. The second kappa shape index (κ2) is 7.21. The first-order valence-corrected chi connectivity index (χ1v) is 9.24. The van der Waals surface area contributed by atoms with E-state index in [1.165, 1.54) is 17.8 Å². The van der Waals surface area contributed by atoms with Crippen LogP contribution in [0.3, 0.4) is 0 Å². The second-order valence-electron chi connectivity index (χ2n) is 6.04. The van der Waals surface area contributed by atoms with Gasteiger partial charge in [0.05, 0.1) is 12.0 Å². The van der Waals surface area contributed by atoms with Crippen LogP contribution in [0.1, 0.15) is 22.5 Å². The van der Waals surface area contributed by atoms with Crippen molar-refractivity contribution in [1.29, 1.82) is 0 Å². The van der Waals surface area contributed by atoms with Crippen molar-refractivity contribution in [2.45, 2.75) is 18.9 Å². The predicted octanol–water partition coefficient (Wildman–Crippen LogP) is 3.55. The van der Waals surface area contributed by atoms with Gasteiger partial charge in [-0.25, -0.2) is 4.98 Å². The fourth-order valence-corrected chi connectivity index (χ4v) is 3.97. The van der Waals surface area contributed by atoms with Crippen LogP contribution in [0.15, 0.2) is 53.1 Å². The summed E-state index contributed by atoms with van der Waals surface area (Å²) < 4.78 is 5.45. The summed E-state index contributed by atoms with van der Waals surface area (Å²) in [5.41, 5.74) is 1.63. The van der Waals surface area contributed by atoms with Crippen LogP contribution in [-0.4, -0.2) is 30.0 Å². The zero-order chi connectivity index (χ0) is 17.1. The van der Waals surface area contributed by atoms with Gasteiger partial charge in [-0.3, -0.25) is 4.79 Å². The first-order chi connectivity index (χ1) is 12.3. The quantitative estimate of drug-likeness (QED) is 0.736. The number of aromatic nitrogens is 1. The highest BCUT2D eigenvalue weighted by Crippen LogP contribution is 2.34. The van der Waals surface area contributed by atoms with Crippen molar-refractivity contribution in [3.05, 3.63) is 53.6 Å². The van der Waals surface area contributed by atoms with Gasteiger partial charge in [0, 0.05) is 18.2 Å². The average Bonchev–Trinajstić information content (AvgIpc) is 3.41. The van der Waals surface area contributed by atoms with Crippen molar-refractivity contribution in [3.8, 4) is 22.0 Å². The Morgan fingerprint density at radius 3 is 2.88 bits per heavy atom. The number of carbonyl (C=O) groups excluding carboxylic acids is 1. The Morgan fingerprint density at radius 1 is 1.28 bits per heavy atom. The molecule has 3 heterocycles. The highest BCUT2D eigenvalue weighted by atomic mass is 32.1. The van der Waals surface area contributed by atoms with Crippen LogP contribution < -0.4 is 10.6 Å². The van der Waals surface area contributed by atoms with Gasteiger partial charge in [0.15, 0.2) is 10.8 Å². The Bertz CT molecular complexity index is 837. The topological polar surface area (TPSA) is 67.2 Å². The van der Waals surface area contributed by atoms with E-state index in [0.29, 0.717) is 33.9 Å². The number of amides is 1. The smallest absolute Gasteiger partial charge is 0.263 e. The van der Waals surface area contributed by atoms with E-state index in [9.17, 15) is 4.79 Å². The van der Waals surface area contributed by atoms with Gasteiger partial charge < -0.3 is 15.1 Å². The third-order valence-electron chi connectivity index (χ3n) is 4.28. The minimum atomic E-state index is -0.0807.